The number of carbonyl (C=O) groups is 4. The Morgan fingerprint density at radius 2 is 1.79 bits per heavy atom. The van der Waals surface area contributed by atoms with Gasteiger partial charge < -0.3 is 36.8 Å². The molecule has 0 spiro atoms. The molecule has 0 saturated heterocycles. The summed E-state index contributed by atoms with van der Waals surface area (Å²) in [5, 5.41) is 49.0. The van der Waals surface area contributed by atoms with Crippen LogP contribution in [0.1, 0.15) is 60.9 Å². The number of allylic oxidation sites excluding steroid dienone is 2. The molecule has 0 aliphatic heterocycles. The number of nitrogens with two attached hydrogens (primary N) is 1. The number of anilines is 1. The largest absolute Gasteiger partial charge is 0.511 e. The van der Waals surface area contributed by atoms with Crippen LogP contribution in [0.3, 0.4) is 0 Å². The number of amides is 2. The summed E-state index contributed by atoms with van der Waals surface area (Å²) < 4.78 is 15.2. The number of carbonyl (C=O) groups excluding carboxylic acids is 4. The number of phenols is 1. The molecule has 208 valence electrons. The van der Waals surface area contributed by atoms with Crippen molar-refractivity contribution in [1.29, 1.82) is 0 Å². The standard InChI is InChI=1S/C27H30FN3O8/c28-15-9-16(31-18(33)10-30-13-4-2-1-3-5-13)22(34)20-14(15)7-11-6-12-8-17(32)21(26(29)38)25(37)27(12,39)24(36)19(11)23(20)35/h9,11-13,30,32,34,36,39H,1-8,10H2,(H2,29,38)(H,31,33)/t11?,12-,27-/m0/s1. The summed E-state index contributed by atoms with van der Waals surface area (Å²) in [6.45, 7) is -0.0795. The minimum atomic E-state index is -2.71. The van der Waals surface area contributed by atoms with Gasteiger partial charge in [-0.3, -0.25) is 19.2 Å². The average molecular weight is 544 g/mol. The molecule has 0 heterocycles. The van der Waals surface area contributed by atoms with Crippen molar-refractivity contribution >= 4 is 29.1 Å². The van der Waals surface area contributed by atoms with Gasteiger partial charge in [-0.15, -0.1) is 0 Å². The molecule has 5 rings (SSSR count). The van der Waals surface area contributed by atoms with Crippen LogP contribution in [0.15, 0.2) is 28.7 Å². The summed E-state index contributed by atoms with van der Waals surface area (Å²) in [5.41, 5.74) is 0.232. The molecule has 39 heavy (non-hydrogen) atoms. The van der Waals surface area contributed by atoms with Crippen molar-refractivity contribution in [1.82, 2.24) is 5.32 Å². The molecule has 0 radical (unpaired) electrons. The topological polar surface area (TPSA) is 199 Å². The molecule has 1 aromatic carbocycles. The number of aliphatic hydroxyl groups is 3. The Balaban J connectivity index is 1.47. The molecular formula is C27H30FN3O8. The van der Waals surface area contributed by atoms with Gasteiger partial charge in [-0.2, -0.15) is 0 Å². The van der Waals surface area contributed by atoms with Crippen molar-refractivity contribution in [2.24, 2.45) is 17.6 Å². The second kappa shape index (κ2) is 9.76. The maximum atomic E-state index is 15.2. The van der Waals surface area contributed by atoms with Gasteiger partial charge >= 0.3 is 0 Å². The van der Waals surface area contributed by atoms with Crippen molar-refractivity contribution < 1.29 is 44.0 Å². The predicted molar refractivity (Wildman–Crippen MR) is 134 cm³/mol. The van der Waals surface area contributed by atoms with Crippen LogP contribution in [-0.2, 0) is 20.8 Å². The number of primary amides is 1. The van der Waals surface area contributed by atoms with Crippen LogP contribution >= 0.6 is 0 Å². The molecule has 1 unspecified atom stereocenters. The van der Waals surface area contributed by atoms with Gasteiger partial charge in [-0.25, -0.2) is 4.39 Å². The fourth-order valence-corrected chi connectivity index (χ4v) is 6.48. The highest BCUT2D eigenvalue weighted by molar-refractivity contribution is 6.24. The second-order valence-corrected chi connectivity index (χ2v) is 10.8. The molecule has 0 bridgehead atoms. The first-order valence-electron chi connectivity index (χ1n) is 13.0. The lowest BCUT2D eigenvalue weighted by atomic mass is 9.60. The molecular weight excluding hydrogens is 513 g/mol. The van der Waals surface area contributed by atoms with Gasteiger partial charge in [-0.1, -0.05) is 19.3 Å². The zero-order valence-corrected chi connectivity index (χ0v) is 21.1. The third-order valence-corrected chi connectivity index (χ3v) is 8.44. The van der Waals surface area contributed by atoms with E-state index in [2.05, 4.69) is 10.6 Å². The minimum absolute atomic E-state index is 0.0795. The summed E-state index contributed by atoms with van der Waals surface area (Å²) in [5.74, 6) is -9.40. The summed E-state index contributed by atoms with van der Waals surface area (Å²) in [6, 6.07) is 1.10. The highest BCUT2D eigenvalue weighted by atomic mass is 19.1. The first kappa shape index (κ1) is 26.8. The highest BCUT2D eigenvalue weighted by Gasteiger charge is 2.59. The number of phenolic OH excluding ortho intramolecular Hbond substituents is 1. The zero-order valence-electron chi connectivity index (χ0n) is 21.1. The Labute approximate surface area is 222 Å². The monoisotopic (exact) mass is 543 g/mol. The summed E-state index contributed by atoms with van der Waals surface area (Å²) >= 11 is 0. The number of fused-ring (bicyclic) bond motifs is 3. The van der Waals surface area contributed by atoms with Gasteiger partial charge in [0.05, 0.1) is 17.8 Å². The number of rotatable bonds is 5. The molecule has 1 saturated carbocycles. The number of nitrogens with one attached hydrogen (secondary N) is 2. The van der Waals surface area contributed by atoms with Gasteiger partial charge in [0.25, 0.3) is 5.91 Å². The van der Waals surface area contributed by atoms with E-state index < -0.39 is 80.6 Å². The smallest absolute Gasteiger partial charge is 0.255 e. The average Bonchev–Trinajstić information content (AvgIpc) is 2.88. The molecule has 8 N–H and O–H groups in total. The van der Waals surface area contributed by atoms with E-state index in [0.717, 1.165) is 38.2 Å². The van der Waals surface area contributed by atoms with Gasteiger partial charge in [0.15, 0.2) is 17.1 Å². The van der Waals surface area contributed by atoms with E-state index in [0.29, 0.717) is 0 Å². The summed E-state index contributed by atoms with van der Waals surface area (Å²) in [4.78, 5) is 50.8. The van der Waals surface area contributed by atoms with Gasteiger partial charge in [0.1, 0.15) is 22.9 Å². The second-order valence-electron chi connectivity index (χ2n) is 10.8. The third kappa shape index (κ3) is 4.27. The van der Waals surface area contributed by atoms with Crippen molar-refractivity contribution in [3.05, 3.63) is 45.7 Å². The lowest BCUT2D eigenvalue weighted by molar-refractivity contribution is -0.144. The van der Waals surface area contributed by atoms with E-state index in [1.807, 2.05) is 0 Å². The first-order valence-corrected chi connectivity index (χ1v) is 13.0. The molecule has 0 aromatic heterocycles. The molecule has 4 aliphatic rings. The molecule has 1 aromatic rings. The van der Waals surface area contributed by atoms with Crippen LogP contribution in [0.4, 0.5) is 10.1 Å². The van der Waals surface area contributed by atoms with E-state index in [1.165, 1.54) is 0 Å². The number of halogens is 1. The number of Topliss-reactive ketones (excluding diaryl/α,β-unsaturated/α-hetero) is 2. The van der Waals surface area contributed by atoms with Gasteiger partial charge in [-0.05, 0) is 31.6 Å². The number of ketones is 2. The number of benzene rings is 1. The zero-order chi connectivity index (χ0) is 28.2. The summed E-state index contributed by atoms with van der Waals surface area (Å²) in [6.07, 6.45) is 4.50. The Hall–Kier alpha value is -3.77. The van der Waals surface area contributed by atoms with Crippen LogP contribution < -0.4 is 16.4 Å². The van der Waals surface area contributed by atoms with Crippen LogP contribution in [0, 0.1) is 17.7 Å². The van der Waals surface area contributed by atoms with E-state index >= 15 is 4.39 Å². The number of aliphatic hydroxyl groups excluding tert-OH is 2. The maximum Gasteiger partial charge on any atom is 0.255 e. The lowest BCUT2D eigenvalue weighted by Crippen LogP contribution is -2.57. The Bertz CT molecular complexity index is 1360. The van der Waals surface area contributed by atoms with Crippen molar-refractivity contribution in [2.75, 3.05) is 11.9 Å². The molecule has 11 nitrogen and oxygen atoms in total. The molecule has 12 heteroatoms. The Kier molecular flexibility index (Phi) is 6.71. The molecule has 4 aliphatic carbocycles. The number of hydrogen-bond acceptors (Lipinski definition) is 9. The SMILES string of the molecule is NC(=O)C1=C(O)C[C@@H]2CC3Cc4c(F)cc(NC(=O)CNC5CCCCC5)c(O)c4C(=O)C3=C(O)[C@]2(O)C1=O. The fraction of sp³-hybridized carbons (Fsp3) is 0.481. The van der Waals surface area contributed by atoms with Crippen LogP contribution in [0.2, 0.25) is 0 Å². The highest BCUT2D eigenvalue weighted by Crippen LogP contribution is 2.52. The molecule has 2 amide bonds. The molecule has 1 fully saturated rings. The third-order valence-electron chi connectivity index (χ3n) is 8.44. The van der Waals surface area contributed by atoms with Crippen LogP contribution in [0.25, 0.3) is 0 Å². The Morgan fingerprint density at radius 1 is 1.10 bits per heavy atom. The quantitative estimate of drug-likeness (QED) is 0.213. The van der Waals surface area contributed by atoms with Crippen molar-refractivity contribution in [3.63, 3.8) is 0 Å². The van der Waals surface area contributed by atoms with Crippen molar-refractivity contribution in [3.8, 4) is 5.75 Å². The van der Waals surface area contributed by atoms with Crippen LogP contribution in [-0.4, -0.2) is 62.0 Å². The number of aromatic hydroxyl groups is 1. The Morgan fingerprint density at radius 3 is 2.46 bits per heavy atom. The summed E-state index contributed by atoms with van der Waals surface area (Å²) in [7, 11) is 0. The normalized spacial score (nSPS) is 27.1. The van der Waals surface area contributed by atoms with E-state index in [1.54, 1.807) is 0 Å². The van der Waals surface area contributed by atoms with E-state index in [-0.39, 0.29) is 43.1 Å². The van der Waals surface area contributed by atoms with E-state index in [4.69, 9.17) is 5.73 Å². The van der Waals surface area contributed by atoms with Gasteiger partial charge in [0, 0.05) is 35.6 Å². The molecule has 3 atom stereocenters. The van der Waals surface area contributed by atoms with E-state index in [9.17, 15) is 39.6 Å². The number of hydrogen-bond donors (Lipinski definition) is 7. The maximum absolute atomic E-state index is 15.2. The first-order chi connectivity index (χ1) is 18.4. The van der Waals surface area contributed by atoms with Gasteiger partial charge in [0.2, 0.25) is 11.7 Å². The fourth-order valence-electron chi connectivity index (χ4n) is 6.48. The lowest BCUT2D eigenvalue weighted by Gasteiger charge is -2.45. The van der Waals surface area contributed by atoms with Crippen LogP contribution in [0.5, 0.6) is 5.75 Å². The minimum Gasteiger partial charge on any atom is -0.511 e. The predicted octanol–water partition coefficient (Wildman–Crippen LogP) is 1.58. The van der Waals surface area contributed by atoms with Crippen molar-refractivity contribution in [2.45, 2.75) is 63.0 Å².